The standard InChI is InChI=1S/C9H18N3O/c1-10(2)9-11(3)5-4-6-12(9)7-8-13/h8H,4-7H2,1-3H3/q+1. The largest absolute Gasteiger partial charge is 0.350 e. The van der Waals surface area contributed by atoms with E-state index in [2.05, 4.69) is 21.4 Å². The minimum absolute atomic E-state index is 0.498. The van der Waals surface area contributed by atoms with E-state index in [0.29, 0.717) is 6.54 Å². The molecule has 0 atom stereocenters. The van der Waals surface area contributed by atoms with Gasteiger partial charge in [-0.2, -0.15) is 0 Å². The molecule has 0 aromatic heterocycles. The lowest BCUT2D eigenvalue weighted by atomic mass is 10.3. The second-order valence-corrected chi connectivity index (χ2v) is 3.58. The van der Waals surface area contributed by atoms with E-state index in [1.807, 2.05) is 14.1 Å². The summed E-state index contributed by atoms with van der Waals surface area (Å²) in [6.45, 7) is 2.55. The quantitative estimate of drug-likeness (QED) is 0.425. The van der Waals surface area contributed by atoms with Crippen LogP contribution in [-0.4, -0.2) is 67.4 Å². The fourth-order valence-electron chi connectivity index (χ4n) is 1.83. The Morgan fingerprint density at radius 1 is 1.62 bits per heavy atom. The molecule has 0 radical (unpaired) electrons. The van der Waals surface area contributed by atoms with Crippen LogP contribution in [0, 0.1) is 0 Å². The van der Waals surface area contributed by atoms with Crippen LogP contribution in [-0.2, 0) is 4.79 Å². The highest BCUT2D eigenvalue weighted by atomic mass is 16.1. The van der Waals surface area contributed by atoms with Crippen molar-refractivity contribution in [2.45, 2.75) is 6.42 Å². The maximum absolute atomic E-state index is 10.5. The molecule has 0 saturated carbocycles. The fraction of sp³-hybridized carbons (Fsp3) is 0.778. The number of nitrogens with zero attached hydrogens (tertiary/aromatic N) is 3. The highest BCUT2D eigenvalue weighted by Gasteiger charge is 2.24. The van der Waals surface area contributed by atoms with Crippen molar-refractivity contribution >= 4 is 12.2 Å². The molecule has 0 N–H and O–H groups in total. The summed E-state index contributed by atoms with van der Waals surface area (Å²) in [5.41, 5.74) is 0. The van der Waals surface area contributed by atoms with Gasteiger partial charge < -0.3 is 0 Å². The zero-order valence-electron chi connectivity index (χ0n) is 8.66. The van der Waals surface area contributed by atoms with Crippen molar-refractivity contribution in [3.63, 3.8) is 0 Å². The third kappa shape index (κ3) is 2.20. The molecule has 0 unspecified atom stereocenters. The van der Waals surface area contributed by atoms with Crippen molar-refractivity contribution in [1.82, 2.24) is 9.80 Å². The van der Waals surface area contributed by atoms with Crippen LogP contribution in [0.25, 0.3) is 0 Å². The van der Waals surface area contributed by atoms with Crippen LogP contribution >= 0.6 is 0 Å². The van der Waals surface area contributed by atoms with Gasteiger partial charge in [0.25, 0.3) is 0 Å². The molecule has 0 spiro atoms. The molecule has 13 heavy (non-hydrogen) atoms. The van der Waals surface area contributed by atoms with Gasteiger partial charge in [0.2, 0.25) is 0 Å². The Balaban J connectivity index is 2.89. The van der Waals surface area contributed by atoms with Crippen LogP contribution < -0.4 is 0 Å². The highest BCUT2D eigenvalue weighted by molar-refractivity contribution is 5.75. The molecule has 0 aromatic carbocycles. The molecule has 4 nitrogen and oxygen atoms in total. The third-order valence-corrected chi connectivity index (χ3v) is 2.24. The Hall–Kier alpha value is -1.06. The summed E-state index contributed by atoms with van der Waals surface area (Å²) < 4.78 is 2.11. The van der Waals surface area contributed by atoms with Gasteiger partial charge in [0, 0.05) is 6.42 Å². The number of hydrogen-bond donors (Lipinski definition) is 0. The minimum atomic E-state index is 0.498. The first-order valence-corrected chi connectivity index (χ1v) is 4.61. The number of carbonyl (C=O) groups excluding carboxylic acids is 1. The molecule has 0 amide bonds. The van der Waals surface area contributed by atoms with E-state index in [1.165, 1.54) is 0 Å². The molecule has 0 saturated heterocycles. The van der Waals surface area contributed by atoms with Crippen LogP contribution in [0.15, 0.2) is 0 Å². The fourth-order valence-corrected chi connectivity index (χ4v) is 1.83. The lowest BCUT2D eigenvalue weighted by Gasteiger charge is -2.27. The predicted molar refractivity (Wildman–Crippen MR) is 52.0 cm³/mol. The average Bonchev–Trinajstić information content (AvgIpc) is 2.04. The van der Waals surface area contributed by atoms with E-state index in [4.69, 9.17) is 0 Å². The molecule has 0 bridgehead atoms. The van der Waals surface area contributed by atoms with Gasteiger partial charge in [-0.25, -0.2) is 0 Å². The first-order valence-electron chi connectivity index (χ1n) is 4.61. The van der Waals surface area contributed by atoms with E-state index < -0.39 is 0 Å². The van der Waals surface area contributed by atoms with Gasteiger partial charge in [0.15, 0.2) is 6.29 Å². The molecule has 4 heteroatoms. The summed E-state index contributed by atoms with van der Waals surface area (Å²) in [6, 6.07) is 0. The van der Waals surface area contributed by atoms with Gasteiger partial charge in [0.05, 0.1) is 34.2 Å². The van der Waals surface area contributed by atoms with Gasteiger partial charge in [-0.05, 0) is 0 Å². The zero-order chi connectivity index (χ0) is 9.84. The Bertz CT molecular complexity index is 223. The van der Waals surface area contributed by atoms with E-state index in [1.54, 1.807) is 0 Å². The molecule has 0 fully saturated rings. The minimum Gasteiger partial charge on any atom is -0.300 e. The molecule has 0 aromatic rings. The van der Waals surface area contributed by atoms with Crippen molar-refractivity contribution in [3.8, 4) is 0 Å². The van der Waals surface area contributed by atoms with E-state index >= 15 is 0 Å². The Kier molecular flexibility index (Phi) is 3.28. The lowest BCUT2D eigenvalue weighted by Crippen LogP contribution is -2.49. The summed E-state index contributed by atoms with van der Waals surface area (Å²) in [5.74, 6) is 1.14. The average molecular weight is 184 g/mol. The van der Waals surface area contributed by atoms with Gasteiger partial charge in [-0.1, -0.05) is 0 Å². The lowest BCUT2D eigenvalue weighted by molar-refractivity contribution is -0.530. The molecule has 74 valence electrons. The zero-order valence-corrected chi connectivity index (χ0v) is 8.66. The van der Waals surface area contributed by atoms with Crippen molar-refractivity contribution in [1.29, 1.82) is 0 Å². The number of hydrogen-bond acceptors (Lipinski definition) is 3. The number of guanidine groups is 1. The maximum atomic E-state index is 10.5. The molecule has 1 aliphatic rings. The summed E-state index contributed by atoms with van der Waals surface area (Å²) >= 11 is 0. The monoisotopic (exact) mass is 184 g/mol. The van der Waals surface area contributed by atoms with Crippen molar-refractivity contribution in [2.75, 3.05) is 40.8 Å². The van der Waals surface area contributed by atoms with Crippen molar-refractivity contribution in [2.24, 2.45) is 0 Å². The molecular weight excluding hydrogens is 166 g/mol. The number of carbonyl (C=O) groups is 1. The van der Waals surface area contributed by atoms with Gasteiger partial charge >= 0.3 is 5.96 Å². The normalized spacial score (nSPS) is 17.6. The topological polar surface area (TPSA) is 26.6 Å². The Morgan fingerprint density at radius 3 is 2.85 bits per heavy atom. The first kappa shape index (κ1) is 10.0. The maximum Gasteiger partial charge on any atom is 0.350 e. The predicted octanol–water partition coefficient (Wildman–Crippen LogP) is -0.549. The van der Waals surface area contributed by atoms with Crippen molar-refractivity contribution in [3.05, 3.63) is 0 Å². The van der Waals surface area contributed by atoms with Gasteiger partial charge in [0.1, 0.15) is 6.54 Å². The molecule has 0 aliphatic carbocycles. The van der Waals surface area contributed by atoms with E-state index in [0.717, 1.165) is 31.8 Å². The summed E-state index contributed by atoms with van der Waals surface area (Å²) in [6.07, 6.45) is 2.09. The van der Waals surface area contributed by atoms with Crippen LogP contribution in [0.1, 0.15) is 6.42 Å². The highest BCUT2D eigenvalue weighted by Crippen LogP contribution is 2.01. The van der Waals surface area contributed by atoms with Crippen LogP contribution in [0.4, 0.5) is 0 Å². The second-order valence-electron chi connectivity index (χ2n) is 3.58. The Morgan fingerprint density at radius 2 is 2.31 bits per heavy atom. The molecular formula is C9H18N3O+. The molecule has 1 aliphatic heterocycles. The summed E-state index contributed by atoms with van der Waals surface area (Å²) in [7, 11) is 6.08. The van der Waals surface area contributed by atoms with Crippen LogP contribution in [0.5, 0.6) is 0 Å². The smallest absolute Gasteiger partial charge is 0.300 e. The summed E-state index contributed by atoms with van der Waals surface area (Å²) in [4.78, 5) is 14.7. The van der Waals surface area contributed by atoms with E-state index in [9.17, 15) is 4.79 Å². The molecule has 1 rings (SSSR count). The number of aldehydes is 1. The Labute approximate surface area is 79.4 Å². The third-order valence-electron chi connectivity index (χ3n) is 2.24. The van der Waals surface area contributed by atoms with Crippen molar-refractivity contribution < 1.29 is 9.37 Å². The van der Waals surface area contributed by atoms with Gasteiger partial charge in [-0.15, -0.1) is 0 Å². The molecule has 1 heterocycles. The first-order chi connectivity index (χ1) is 6.16. The van der Waals surface area contributed by atoms with Crippen LogP contribution in [0.2, 0.25) is 0 Å². The second kappa shape index (κ2) is 4.25. The summed E-state index contributed by atoms with van der Waals surface area (Å²) in [5, 5.41) is 0. The SMILES string of the molecule is CN(C)C1=[N+](CC=O)CCCN1C. The van der Waals surface area contributed by atoms with Gasteiger partial charge in [-0.3, -0.25) is 19.2 Å². The van der Waals surface area contributed by atoms with Crippen LogP contribution in [0.3, 0.4) is 0 Å². The number of rotatable bonds is 2. The van der Waals surface area contributed by atoms with E-state index in [-0.39, 0.29) is 0 Å².